The lowest BCUT2D eigenvalue weighted by molar-refractivity contribution is -0.137. The maximum atomic E-state index is 15.3. The molecule has 1 unspecified atom stereocenters. The number of aliphatic imine (C=N–C) groups is 1. The van der Waals surface area contributed by atoms with E-state index in [-0.39, 0.29) is 29.4 Å². The third-order valence-electron chi connectivity index (χ3n) is 6.41. The molecule has 1 aromatic heterocycles. The molecule has 37 heavy (non-hydrogen) atoms. The maximum absolute atomic E-state index is 15.3. The summed E-state index contributed by atoms with van der Waals surface area (Å²) in [5, 5.41) is 15.2. The van der Waals surface area contributed by atoms with Crippen LogP contribution in [-0.4, -0.2) is 49.1 Å². The second-order valence-electron chi connectivity index (χ2n) is 10.3. The number of aliphatic carboxylic acids is 1. The first kappa shape index (κ1) is 27.1. The molecule has 1 aliphatic heterocycles. The van der Waals surface area contributed by atoms with Crippen molar-refractivity contribution in [2.75, 3.05) is 0 Å². The summed E-state index contributed by atoms with van der Waals surface area (Å²) in [6.07, 6.45) is 1.27. The summed E-state index contributed by atoms with van der Waals surface area (Å²) in [6.45, 7) is 6.51. The zero-order valence-electron chi connectivity index (χ0n) is 20.4. The van der Waals surface area contributed by atoms with Crippen LogP contribution in [0.3, 0.4) is 0 Å². The van der Waals surface area contributed by atoms with Gasteiger partial charge in [0.25, 0.3) is 5.91 Å². The Kier molecular flexibility index (Phi) is 6.87. The van der Waals surface area contributed by atoms with Crippen molar-refractivity contribution in [3.05, 3.63) is 52.5 Å². The summed E-state index contributed by atoms with van der Waals surface area (Å²) >= 11 is 6.65. The van der Waals surface area contributed by atoms with Gasteiger partial charge in [-0.15, -0.1) is 0 Å². The average molecular weight is 555 g/mol. The summed E-state index contributed by atoms with van der Waals surface area (Å²) in [5.74, 6) is -6.00. The van der Waals surface area contributed by atoms with Gasteiger partial charge < -0.3 is 15.2 Å². The number of ether oxygens (including phenoxy) is 1. The topological polar surface area (TPSA) is 130 Å². The molecule has 0 spiro atoms. The highest BCUT2D eigenvalue weighted by Crippen LogP contribution is 2.66. The van der Waals surface area contributed by atoms with Gasteiger partial charge in [0.15, 0.2) is 11.0 Å². The first-order valence-corrected chi connectivity index (χ1v) is 12.5. The number of amidine groups is 1. The highest BCUT2D eigenvalue weighted by molar-refractivity contribution is 8.16. The fourth-order valence-electron chi connectivity index (χ4n) is 4.60. The smallest absolute Gasteiger partial charge is 0.413 e. The third kappa shape index (κ3) is 5.35. The van der Waals surface area contributed by atoms with Crippen molar-refractivity contribution >= 4 is 46.5 Å². The molecule has 2 aliphatic carbocycles. The number of allylic oxidation sites excluding steroid dienone is 3. The number of hydrogen-bond acceptors (Lipinski definition) is 7. The molecule has 3 aliphatic rings. The van der Waals surface area contributed by atoms with Crippen LogP contribution in [0, 0.1) is 11.8 Å². The molecule has 0 aromatic carbocycles. The van der Waals surface area contributed by atoms with Gasteiger partial charge in [-0.3, -0.25) is 19.9 Å². The highest BCUT2D eigenvalue weighted by atomic mass is 35.5. The van der Waals surface area contributed by atoms with E-state index in [9.17, 15) is 23.9 Å². The Hall–Kier alpha value is -2.99. The average Bonchev–Trinajstić information content (AvgIpc) is 3.52. The van der Waals surface area contributed by atoms with E-state index in [0.717, 1.165) is 17.8 Å². The van der Waals surface area contributed by atoms with E-state index in [4.69, 9.17) is 16.3 Å². The van der Waals surface area contributed by atoms with E-state index in [0.29, 0.717) is 5.02 Å². The molecular formula is C24H25ClF2N4O5S. The Morgan fingerprint density at radius 3 is 2.54 bits per heavy atom. The molecule has 0 bridgehead atoms. The first-order valence-electron chi connectivity index (χ1n) is 11.4. The van der Waals surface area contributed by atoms with E-state index in [1.807, 2.05) is 0 Å². The molecule has 1 saturated carbocycles. The molecule has 13 heteroatoms. The SMILES string of the molecule is CC(C)(C)OC(=O)NC1=N[C@](C)(C2CC(NC(=O)c3ccc(Cl)cn3)=CC(F)=C2F)[C@@H]2C[C@]2(C(=O)O)S1. The van der Waals surface area contributed by atoms with Gasteiger partial charge >= 0.3 is 12.1 Å². The molecule has 3 N–H and O–H groups in total. The van der Waals surface area contributed by atoms with Crippen molar-refractivity contribution in [3.63, 3.8) is 0 Å². The fourth-order valence-corrected chi connectivity index (χ4v) is 6.15. The summed E-state index contributed by atoms with van der Waals surface area (Å²) in [5.41, 5.74) is -2.17. The largest absolute Gasteiger partial charge is 0.480 e. The van der Waals surface area contributed by atoms with Gasteiger partial charge in [-0.05, 0) is 58.7 Å². The number of amides is 2. The van der Waals surface area contributed by atoms with Crippen molar-refractivity contribution in [1.29, 1.82) is 0 Å². The molecule has 198 valence electrons. The number of thioether (sulfide) groups is 1. The van der Waals surface area contributed by atoms with E-state index < -0.39 is 57.3 Å². The molecule has 2 amide bonds. The second-order valence-corrected chi connectivity index (χ2v) is 12.0. The predicted octanol–water partition coefficient (Wildman–Crippen LogP) is 4.75. The summed E-state index contributed by atoms with van der Waals surface area (Å²) in [7, 11) is 0. The van der Waals surface area contributed by atoms with Gasteiger partial charge in [0.05, 0.1) is 10.6 Å². The second kappa shape index (κ2) is 9.39. The molecule has 4 rings (SSSR count). The molecule has 2 heterocycles. The molecule has 4 atom stereocenters. The normalized spacial score (nSPS) is 28.9. The van der Waals surface area contributed by atoms with Crippen LogP contribution in [0.15, 0.2) is 46.7 Å². The number of carbonyl (C=O) groups excluding carboxylic acids is 2. The Balaban J connectivity index is 1.62. The van der Waals surface area contributed by atoms with Gasteiger partial charge in [-0.2, -0.15) is 0 Å². The minimum atomic E-state index is -1.45. The molecule has 0 saturated heterocycles. The number of halogens is 3. The number of hydrogen-bond donors (Lipinski definition) is 3. The predicted molar refractivity (Wildman–Crippen MR) is 133 cm³/mol. The van der Waals surface area contributed by atoms with Crippen LogP contribution in [-0.2, 0) is 9.53 Å². The van der Waals surface area contributed by atoms with E-state index in [1.54, 1.807) is 20.8 Å². The monoisotopic (exact) mass is 554 g/mol. The number of carboxylic acids is 1. The minimum absolute atomic E-state index is 0.0199. The summed E-state index contributed by atoms with van der Waals surface area (Å²) < 4.78 is 33.9. The minimum Gasteiger partial charge on any atom is -0.480 e. The lowest BCUT2D eigenvalue weighted by Crippen LogP contribution is -2.48. The van der Waals surface area contributed by atoms with Crippen molar-refractivity contribution < 1.29 is 33.0 Å². The van der Waals surface area contributed by atoms with Gasteiger partial charge in [-0.25, -0.2) is 18.6 Å². The van der Waals surface area contributed by atoms with Crippen LogP contribution >= 0.6 is 23.4 Å². The zero-order valence-corrected chi connectivity index (χ0v) is 22.0. The van der Waals surface area contributed by atoms with Crippen LogP contribution in [0.2, 0.25) is 5.02 Å². The summed E-state index contributed by atoms with van der Waals surface area (Å²) in [6, 6.07) is 2.85. The lowest BCUT2D eigenvalue weighted by Gasteiger charge is -2.40. The highest BCUT2D eigenvalue weighted by Gasteiger charge is 2.72. The van der Waals surface area contributed by atoms with Crippen molar-refractivity contribution in [3.8, 4) is 0 Å². The molecule has 0 radical (unpaired) electrons. The number of fused-ring (bicyclic) bond motifs is 1. The Labute approximate surface area is 220 Å². The van der Waals surface area contributed by atoms with Crippen LogP contribution < -0.4 is 10.6 Å². The molecule has 9 nitrogen and oxygen atoms in total. The van der Waals surface area contributed by atoms with E-state index >= 15 is 4.39 Å². The number of nitrogens with zero attached hydrogens (tertiary/aromatic N) is 2. The number of rotatable bonds is 4. The molecule has 1 fully saturated rings. The van der Waals surface area contributed by atoms with Crippen LogP contribution in [0.4, 0.5) is 13.6 Å². The Morgan fingerprint density at radius 1 is 1.24 bits per heavy atom. The van der Waals surface area contributed by atoms with Crippen LogP contribution in [0.5, 0.6) is 0 Å². The maximum Gasteiger partial charge on any atom is 0.413 e. The van der Waals surface area contributed by atoms with Crippen molar-refractivity contribution in [1.82, 2.24) is 15.6 Å². The lowest BCUT2D eigenvalue weighted by atomic mass is 9.75. The molecular weight excluding hydrogens is 530 g/mol. The Bertz CT molecular complexity index is 1260. The van der Waals surface area contributed by atoms with Crippen LogP contribution in [0.1, 0.15) is 51.0 Å². The van der Waals surface area contributed by atoms with Crippen molar-refractivity contribution in [2.24, 2.45) is 16.8 Å². The van der Waals surface area contributed by atoms with Gasteiger partial charge in [0, 0.05) is 23.7 Å². The first-order chi connectivity index (χ1) is 17.1. The fraction of sp³-hybridized carbons (Fsp3) is 0.458. The number of pyridine rings is 1. The van der Waals surface area contributed by atoms with E-state index in [2.05, 4.69) is 20.6 Å². The van der Waals surface area contributed by atoms with Crippen LogP contribution in [0.25, 0.3) is 0 Å². The zero-order chi connectivity index (χ0) is 27.3. The summed E-state index contributed by atoms with van der Waals surface area (Å²) in [4.78, 5) is 45.6. The number of carbonyl (C=O) groups is 3. The molecule has 1 aromatic rings. The number of alkyl carbamates (subject to hydrolysis) is 1. The third-order valence-corrected chi connectivity index (χ3v) is 8.01. The van der Waals surface area contributed by atoms with E-state index in [1.165, 1.54) is 25.3 Å². The van der Waals surface area contributed by atoms with Gasteiger partial charge in [0.1, 0.15) is 21.9 Å². The van der Waals surface area contributed by atoms with Crippen molar-refractivity contribution in [2.45, 2.75) is 56.4 Å². The van der Waals surface area contributed by atoms with Gasteiger partial charge in [-0.1, -0.05) is 23.4 Å². The Morgan fingerprint density at radius 2 is 1.95 bits per heavy atom. The quantitative estimate of drug-likeness (QED) is 0.489. The number of nitrogens with one attached hydrogen (secondary N) is 2. The standard InChI is InChI=1S/C24H25ClF2N4O5S/c1-22(2,3)36-21(35)30-20-31-23(4,16-9-24(16,37-20)19(33)34)13-7-12(8-14(26)17(13)27)29-18(32)15-6-5-11(25)10-28-15/h5-6,8,10,13,16H,7,9H2,1-4H3,(H,29,32)(H,33,34)(H,30,31,35)/t13?,16-,23+,24-/m0/s1. The van der Waals surface area contributed by atoms with Gasteiger partial charge in [0.2, 0.25) is 0 Å². The number of carboxylic acid groups (broad SMARTS) is 1. The number of aromatic nitrogens is 1.